The van der Waals surface area contributed by atoms with E-state index in [2.05, 4.69) is 20.3 Å². The number of nitrogens with one attached hydrogen (secondary N) is 2. The molecule has 0 radical (unpaired) electrons. The molecule has 4 aromatic rings. The van der Waals surface area contributed by atoms with Crippen LogP contribution in [-0.4, -0.2) is 20.9 Å². The molecule has 0 fully saturated rings. The summed E-state index contributed by atoms with van der Waals surface area (Å²) in [6, 6.07) is 5.13. The number of nitrogens with zero attached hydrogens (tertiary/aromatic N) is 2. The van der Waals surface area contributed by atoms with Gasteiger partial charge in [-0.25, -0.2) is 9.97 Å². The van der Waals surface area contributed by atoms with E-state index in [1.165, 1.54) is 34.9 Å². The van der Waals surface area contributed by atoms with Gasteiger partial charge in [-0.15, -0.1) is 22.7 Å². The number of benzene rings is 1. The molecule has 0 aliphatic heterocycles. The molecule has 0 unspecified atom stereocenters. The van der Waals surface area contributed by atoms with Gasteiger partial charge in [-0.3, -0.25) is 9.59 Å². The van der Waals surface area contributed by atoms with Crippen molar-refractivity contribution in [2.24, 2.45) is 0 Å². The summed E-state index contributed by atoms with van der Waals surface area (Å²) in [5, 5.41) is 3.64. The summed E-state index contributed by atoms with van der Waals surface area (Å²) < 4.78 is 38.7. The van der Waals surface area contributed by atoms with E-state index in [1.807, 2.05) is 13.8 Å². The lowest BCUT2D eigenvalue weighted by atomic mass is 10.1. The maximum absolute atomic E-state index is 12.9. The van der Waals surface area contributed by atoms with Gasteiger partial charge >= 0.3 is 6.18 Å². The Morgan fingerprint density at radius 1 is 1.21 bits per heavy atom. The molecule has 6 nitrogen and oxygen atoms in total. The molecule has 0 aliphatic carbocycles. The number of aromatic nitrogens is 3. The van der Waals surface area contributed by atoms with Crippen molar-refractivity contribution in [3.05, 3.63) is 73.1 Å². The highest BCUT2D eigenvalue weighted by Gasteiger charge is 2.30. The van der Waals surface area contributed by atoms with Crippen molar-refractivity contribution in [3.63, 3.8) is 0 Å². The smallest absolute Gasteiger partial charge is 0.310 e. The summed E-state index contributed by atoms with van der Waals surface area (Å²) in [6.07, 6.45) is -2.22. The van der Waals surface area contributed by atoms with Gasteiger partial charge in [0.2, 0.25) is 5.91 Å². The van der Waals surface area contributed by atoms with E-state index in [0.29, 0.717) is 26.7 Å². The third-order valence-corrected chi connectivity index (χ3v) is 7.12. The van der Waals surface area contributed by atoms with Gasteiger partial charge in [-0.1, -0.05) is 18.2 Å². The van der Waals surface area contributed by atoms with Gasteiger partial charge < -0.3 is 10.3 Å². The van der Waals surface area contributed by atoms with Gasteiger partial charge in [-0.2, -0.15) is 13.2 Å². The van der Waals surface area contributed by atoms with Crippen LogP contribution in [0.5, 0.6) is 0 Å². The molecule has 0 saturated carbocycles. The minimum atomic E-state index is -4.40. The van der Waals surface area contributed by atoms with E-state index < -0.39 is 11.7 Å². The van der Waals surface area contributed by atoms with Crippen LogP contribution in [0, 0.1) is 13.8 Å². The standard InChI is InChI=1S/C22H19F3N4O2S2/c1-11-12(2)32-20-18(11)19(31)27-16(28-20)6-7-17(30)29-21-26-10-15(33-21)9-13-4-3-5-14(8-13)22(23,24)25/h3-5,8,10H,6-7,9H2,1-2H3,(H,26,29,30)(H,27,28,31). The quantitative estimate of drug-likeness (QED) is 0.385. The Balaban J connectivity index is 1.36. The Labute approximate surface area is 194 Å². The predicted molar refractivity (Wildman–Crippen MR) is 123 cm³/mol. The van der Waals surface area contributed by atoms with Crippen LogP contribution in [0.1, 0.15) is 38.7 Å². The number of H-pyrrole nitrogens is 1. The number of aryl methyl sites for hydroxylation is 3. The molecule has 4 rings (SSSR count). The van der Waals surface area contributed by atoms with Crippen molar-refractivity contribution in [1.29, 1.82) is 0 Å². The number of amides is 1. The van der Waals surface area contributed by atoms with Crippen molar-refractivity contribution in [1.82, 2.24) is 15.0 Å². The van der Waals surface area contributed by atoms with Crippen LogP contribution < -0.4 is 10.9 Å². The van der Waals surface area contributed by atoms with Crippen LogP contribution in [0.2, 0.25) is 0 Å². The van der Waals surface area contributed by atoms with E-state index in [-0.39, 0.29) is 30.7 Å². The molecule has 0 aliphatic rings. The molecule has 1 amide bonds. The zero-order chi connectivity index (χ0) is 23.8. The fourth-order valence-corrected chi connectivity index (χ4v) is 5.25. The van der Waals surface area contributed by atoms with Crippen LogP contribution in [0.15, 0.2) is 35.3 Å². The highest BCUT2D eigenvalue weighted by atomic mass is 32.1. The highest BCUT2D eigenvalue weighted by molar-refractivity contribution is 7.18. The molecule has 3 heterocycles. The van der Waals surface area contributed by atoms with Gasteiger partial charge in [0, 0.05) is 35.2 Å². The van der Waals surface area contributed by atoms with E-state index in [9.17, 15) is 22.8 Å². The lowest BCUT2D eigenvalue weighted by Crippen LogP contribution is -2.16. The second-order valence-corrected chi connectivity index (χ2v) is 9.85. The number of rotatable bonds is 6. The number of halogens is 3. The number of alkyl halides is 3. The summed E-state index contributed by atoms with van der Waals surface area (Å²) in [7, 11) is 0. The SMILES string of the molecule is Cc1sc2nc(CCC(=O)Nc3ncc(Cc4cccc(C(F)(F)F)c4)s3)[nH]c(=O)c2c1C. The lowest BCUT2D eigenvalue weighted by Gasteiger charge is -2.07. The third kappa shape index (κ3) is 5.31. The minimum Gasteiger partial charge on any atom is -0.310 e. The minimum absolute atomic E-state index is 0.0975. The number of fused-ring (bicyclic) bond motifs is 1. The predicted octanol–water partition coefficient (Wildman–Crippen LogP) is 5.24. The van der Waals surface area contributed by atoms with E-state index in [4.69, 9.17) is 0 Å². The summed E-state index contributed by atoms with van der Waals surface area (Å²) in [4.78, 5) is 38.4. The van der Waals surface area contributed by atoms with Crippen molar-refractivity contribution < 1.29 is 18.0 Å². The Morgan fingerprint density at radius 2 is 2.00 bits per heavy atom. The molecule has 1 aromatic carbocycles. The Bertz CT molecular complexity index is 1390. The highest BCUT2D eigenvalue weighted by Crippen LogP contribution is 2.31. The molecule has 2 N–H and O–H groups in total. The molecule has 0 saturated heterocycles. The van der Waals surface area contributed by atoms with Gasteiger partial charge in [0.15, 0.2) is 5.13 Å². The van der Waals surface area contributed by atoms with Crippen molar-refractivity contribution >= 4 is 43.9 Å². The molecule has 0 atom stereocenters. The first kappa shape index (κ1) is 23.1. The number of thiazole rings is 1. The number of aromatic amines is 1. The Kier molecular flexibility index (Phi) is 6.35. The maximum Gasteiger partial charge on any atom is 0.416 e. The molecule has 11 heteroatoms. The normalized spacial score (nSPS) is 11.8. The van der Waals surface area contributed by atoms with Crippen LogP contribution >= 0.6 is 22.7 Å². The van der Waals surface area contributed by atoms with Gasteiger partial charge in [0.1, 0.15) is 10.7 Å². The fraction of sp³-hybridized carbons (Fsp3) is 0.273. The second-order valence-electron chi connectivity index (χ2n) is 7.53. The molecule has 0 bridgehead atoms. The van der Waals surface area contributed by atoms with Crippen LogP contribution in [0.3, 0.4) is 0 Å². The molecular formula is C22H19F3N4O2S2. The van der Waals surface area contributed by atoms with E-state index in [0.717, 1.165) is 27.5 Å². The molecule has 3 aromatic heterocycles. The number of hydrogen-bond donors (Lipinski definition) is 2. The van der Waals surface area contributed by atoms with E-state index >= 15 is 0 Å². The van der Waals surface area contributed by atoms with Gasteiger partial charge in [0.05, 0.1) is 10.9 Å². The van der Waals surface area contributed by atoms with Crippen molar-refractivity contribution in [2.45, 2.75) is 39.3 Å². The summed E-state index contributed by atoms with van der Waals surface area (Å²) >= 11 is 2.65. The summed E-state index contributed by atoms with van der Waals surface area (Å²) in [5.74, 6) is 0.143. The molecule has 0 spiro atoms. The van der Waals surface area contributed by atoms with Crippen molar-refractivity contribution in [2.75, 3.05) is 5.32 Å². The maximum atomic E-state index is 12.9. The molecule has 33 heavy (non-hydrogen) atoms. The number of hydrogen-bond acceptors (Lipinski definition) is 6. The number of anilines is 1. The average molecular weight is 493 g/mol. The summed E-state index contributed by atoms with van der Waals surface area (Å²) in [6.45, 7) is 3.82. The Hall–Kier alpha value is -3.05. The first-order valence-corrected chi connectivity index (χ1v) is 11.6. The number of carbonyl (C=O) groups excluding carboxylic acids is 1. The topological polar surface area (TPSA) is 87.7 Å². The fourth-order valence-electron chi connectivity index (χ4n) is 3.34. The third-order valence-electron chi connectivity index (χ3n) is 5.11. The Morgan fingerprint density at radius 3 is 2.76 bits per heavy atom. The number of thiophene rings is 1. The van der Waals surface area contributed by atoms with Crippen LogP contribution in [0.25, 0.3) is 10.2 Å². The largest absolute Gasteiger partial charge is 0.416 e. The lowest BCUT2D eigenvalue weighted by molar-refractivity contribution is -0.137. The zero-order valence-electron chi connectivity index (χ0n) is 17.7. The van der Waals surface area contributed by atoms with Crippen LogP contribution in [0.4, 0.5) is 18.3 Å². The van der Waals surface area contributed by atoms with E-state index in [1.54, 1.807) is 6.07 Å². The molecular weight excluding hydrogens is 473 g/mol. The zero-order valence-corrected chi connectivity index (χ0v) is 19.3. The van der Waals surface area contributed by atoms with Gasteiger partial charge in [-0.05, 0) is 31.0 Å². The monoisotopic (exact) mass is 492 g/mol. The number of carbonyl (C=O) groups is 1. The van der Waals surface area contributed by atoms with Crippen LogP contribution in [-0.2, 0) is 23.8 Å². The van der Waals surface area contributed by atoms with Crippen molar-refractivity contribution in [3.8, 4) is 0 Å². The summed E-state index contributed by atoms with van der Waals surface area (Å²) in [5.41, 5.74) is 0.515. The first-order valence-electron chi connectivity index (χ1n) is 9.99. The average Bonchev–Trinajstić information content (AvgIpc) is 3.29. The molecule has 172 valence electrons. The first-order chi connectivity index (χ1) is 15.6. The second kappa shape index (κ2) is 9.06. The van der Waals surface area contributed by atoms with Gasteiger partial charge in [0.25, 0.3) is 5.56 Å².